The molecule has 0 aromatic rings. The maximum absolute atomic E-state index is 0. The molecule has 0 aromatic heterocycles. The monoisotopic (exact) mass is 310 g/mol. The van der Waals surface area contributed by atoms with E-state index in [1.807, 2.05) is 0 Å². The van der Waals surface area contributed by atoms with Crippen molar-refractivity contribution in [2.75, 3.05) is 0 Å². The van der Waals surface area contributed by atoms with Crippen molar-refractivity contribution in [3.05, 3.63) is 0 Å². The standard InChI is InChI=1S/Ca.5ClH.Fe.K/h;5*1H;;/q+2;;;;;;+2;+1/p-5. The van der Waals surface area contributed by atoms with Gasteiger partial charge in [0.25, 0.3) is 0 Å². The molecule has 0 amide bonds. The van der Waals surface area contributed by atoms with E-state index in [0.717, 1.165) is 0 Å². The maximum atomic E-state index is 0. The van der Waals surface area contributed by atoms with Crippen LogP contribution in [0.2, 0.25) is 0 Å². The van der Waals surface area contributed by atoms with E-state index in [0.29, 0.717) is 0 Å². The fourth-order valence-electron chi connectivity index (χ4n) is 0. The molecule has 46 valence electrons. The van der Waals surface area contributed by atoms with Gasteiger partial charge in [-0.05, 0) is 0 Å². The van der Waals surface area contributed by atoms with Crippen molar-refractivity contribution in [2.45, 2.75) is 0 Å². The van der Waals surface area contributed by atoms with Gasteiger partial charge in [0.15, 0.2) is 0 Å². The van der Waals surface area contributed by atoms with E-state index in [2.05, 4.69) is 0 Å². The molecule has 0 N–H and O–H groups in total. The smallest absolute Gasteiger partial charge is 1.00 e. The second-order valence-corrected chi connectivity index (χ2v) is 0. The topological polar surface area (TPSA) is 0 Å². The van der Waals surface area contributed by atoms with Gasteiger partial charge in [-0.1, -0.05) is 0 Å². The van der Waals surface area contributed by atoms with Gasteiger partial charge in [0.1, 0.15) is 0 Å². The number of rotatable bonds is 0. The molecule has 0 fully saturated rings. The van der Waals surface area contributed by atoms with Crippen LogP contribution in [-0.4, -0.2) is 37.7 Å². The number of hydrogen-bond acceptors (Lipinski definition) is 0. The summed E-state index contributed by atoms with van der Waals surface area (Å²) in [5, 5.41) is 0. The number of hydrogen-bond donors (Lipinski definition) is 0. The second kappa shape index (κ2) is 59.2. The predicted molar refractivity (Wildman–Crippen MR) is 5.75 cm³/mol. The minimum Gasteiger partial charge on any atom is -1.00 e. The summed E-state index contributed by atoms with van der Waals surface area (Å²) in [6, 6.07) is 0. The normalized spacial score (nSPS) is 0. The molecule has 0 unspecified atom stereocenters. The molecule has 0 radical (unpaired) electrons. The Morgan fingerprint density at radius 2 is 0.500 bits per heavy atom. The second-order valence-electron chi connectivity index (χ2n) is 0. The third-order valence-corrected chi connectivity index (χ3v) is 0. The van der Waals surface area contributed by atoms with Crippen molar-refractivity contribution >= 4 is 37.7 Å². The molecule has 0 saturated carbocycles. The first-order valence-corrected chi connectivity index (χ1v) is 0. The van der Waals surface area contributed by atoms with Gasteiger partial charge in [-0.25, -0.2) is 0 Å². The van der Waals surface area contributed by atoms with Crippen LogP contribution >= 0.6 is 0 Å². The zero-order valence-corrected chi connectivity index (χ0v) is 14.2. The van der Waals surface area contributed by atoms with Gasteiger partial charge in [0, 0.05) is 0 Å². The molecule has 0 aliphatic heterocycles. The average molecular weight is 312 g/mol. The van der Waals surface area contributed by atoms with Gasteiger partial charge < -0.3 is 62.0 Å². The van der Waals surface area contributed by atoms with Crippen LogP contribution in [0.3, 0.4) is 0 Å². The molecule has 0 aliphatic rings. The fraction of sp³-hybridized carbons (Fsp3) is 0. The minimum absolute atomic E-state index is 0. The molecule has 0 heterocycles. The summed E-state index contributed by atoms with van der Waals surface area (Å²) in [6.45, 7) is 0. The third-order valence-electron chi connectivity index (χ3n) is 0. The fourth-order valence-corrected chi connectivity index (χ4v) is 0. The summed E-state index contributed by atoms with van der Waals surface area (Å²) in [6.07, 6.45) is 0. The average Bonchev–Trinajstić information content (AvgIpc) is 0. The first kappa shape index (κ1) is 76.5. The summed E-state index contributed by atoms with van der Waals surface area (Å²) in [4.78, 5) is 0. The molecule has 0 bridgehead atoms. The molecule has 0 spiro atoms. The molecule has 8 heavy (non-hydrogen) atoms. The van der Waals surface area contributed by atoms with E-state index in [1.165, 1.54) is 0 Å². The van der Waals surface area contributed by atoms with Gasteiger partial charge in [0.05, 0.1) is 0 Å². The van der Waals surface area contributed by atoms with Gasteiger partial charge in [-0.15, -0.1) is 0 Å². The molecule has 0 saturated heterocycles. The van der Waals surface area contributed by atoms with Crippen LogP contribution in [0.1, 0.15) is 0 Å². The Kier molecular flexibility index (Phi) is 566. The van der Waals surface area contributed by atoms with E-state index >= 15 is 0 Å². The van der Waals surface area contributed by atoms with Crippen LogP contribution in [-0.2, 0) is 17.1 Å². The summed E-state index contributed by atoms with van der Waals surface area (Å²) >= 11 is 0. The van der Waals surface area contributed by atoms with Crippen molar-refractivity contribution in [1.82, 2.24) is 0 Å². The van der Waals surface area contributed by atoms with E-state index < -0.39 is 0 Å². The van der Waals surface area contributed by atoms with Crippen LogP contribution in [0.15, 0.2) is 0 Å². The SMILES string of the molecule is [Ca+2].[Cl-].[Cl-].[Cl-].[Cl-].[Cl-].[Fe+2].[K+]. The summed E-state index contributed by atoms with van der Waals surface area (Å²) in [5.41, 5.74) is 0. The van der Waals surface area contributed by atoms with E-state index in [1.54, 1.807) is 0 Å². The van der Waals surface area contributed by atoms with Crippen LogP contribution in [0, 0.1) is 0 Å². The van der Waals surface area contributed by atoms with Crippen molar-refractivity contribution in [2.24, 2.45) is 0 Å². The summed E-state index contributed by atoms with van der Waals surface area (Å²) in [7, 11) is 0. The summed E-state index contributed by atoms with van der Waals surface area (Å²) in [5.74, 6) is 0. The molecule has 0 rings (SSSR count). The van der Waals surface area contributed by atoms with Crippen molar-refractivity contribution in [3.63, 3.8) is 0 Å². The first-order valence-electron chi connectivity index (χ1n) is 0. The zero-order chi connectivity index (χ0) is 0. The van der Waals surface area contributed by atoms with Gasteiger partial charge in [-0.2, -0.15) is 0 Å². The van der Waals surface area contributed by atoms with Crippen LogP contribution in [0.5, 0.6) is 0 Å². The molecule has 0 atom stereocenters. The molecular formula is CaCl5FeK. The quantitative estimate of drug-likeness (QED) is 0.390. The Labute approximate surface area is 164 Å². The Balaban J connectivity index is 0. The van der Waals surface area contributed by atoms with E-state index in [4.69, 9.17) is 0 Å². The van der Waals surface area contributed by atoms with Crippen LogP contribution < -0.4 is 113 Å². The Bertz CT molecular complexity index is 12.4. The van der Waals surface area contributed by atoms with Crippen molar-refractivity contribution in [1.29, 1.82) is 0 Å². The summed E-state index contributed by atoms with van der Waals surface area (Å²) < 4.78 is 0. The van der Waals surface area contributed by atoms with Gasteiger partial charge >= 0.3 is 106 Å². The molecule has 8 heteroatoms. The Morgan fingerprint density at radius 1 is 0.500 bits per heavy atom. The van der Waals surface area contributed by atoms with Crippen LogP contribution in [0.25, 0.3) is 0 Å². The Hall–Kier alpha value is 4.87. The predicted octanol–water partition coefficient (Wildman–Crippen LogP) is -18.4. The zero-order valence-electron chi connectivity index (χ0n) is 3.95. The van der Waals surface area contributed by atoms with Crippen LogP contribution in [0.4, 0.5) is 0 Å². The first-order chi connectivity index (χ1) is 0. The molecule has 0 nitrogen and oxygen atoms in total. The van der Waals surface area contributed by atoms with E-state index in [9.17, 15) is 0 Å². The van der Waals surface area contributed by atoms with Crippen molar-refractivity contribution < 1.29 is 130 Å². The largest absolute Gasteiger partial charge is 2.00 e. The third kappa shape index (κ3) is 44.7. The van der Waals surface area contributed by atoms with E-state index in [-0.39, 0.29) is 168 Å². The Morgan fingerprint density at radius 3 is 0.500 bits per heavy atom. The number of halogens is 5. The maximum Gasteiger partial charge on any atom is 2.00 e. The molecular weight excluding hydrogens is 312 g/mol. The van der Waals surface area contributed by atoms with Gasteiger partial charge in [0.2, 0.25) is 0 Å². The molecule has 0 aromatic carbocycles. The van der Waals surface area contributed by atoms with Crippen molar-refractivity contribution in [3.8, 4) is 0 Å². The minimum atomic E-state index is 0. The van der Waals surface area contributed by atoms with Gasteiger partial charge in [-0.3, -0.25) is 0 Å². The molecule has 0 aliphatic carbocycles.